The summed E-state index contributed by atoms with van der Waals surface area (Å²) in [5, 5.41) is 7.67. The van der Waals surface area contributed by atoms with Crippen LogP contribution in [-0.2, 0) is 19.9 Å². The lowest BCUT2D eigenvalue weighted by atomic mass is 10.1. The average Bonchev–Trinajstić information content (AvgIpc) is 2.55. The van der Waals surface area contributed by atoms with Crippen molar-refractivity contribution in [2.45, 2.75) is 39.2 Å². The van der Waals surface area contributed by atoms with Gasteiger partial charge in [-0.3, -0.25) is 4.68 Å². The van der Waals surface area contributed by atoms with Gasteiger partial charge < -0.3 is 5.32 Å². The molecule has 1 aromatic rings. The minimum Gasteiger partial charge on any atom is -0.317 e. The van der Waals surface area contributed by atoms with E-state index in [0.717, 1.165) is 12.8 Å². The van der Waals surface area contributed by atoms with Crippen molar-refractivity contribution in [1.29, 1.82) is 0 Å². The molecule has 1 aromatic heterocycles. The van der Waals surface area contributed by atoms with Crippen LogP contribution in [0.4, 0.5) is 0 Å². The summed E-state index contributed by atoms with van der Waals surface area (Å²) in [5.41, 5.74) is 2.53. The molecule has 0 saturated carbocycles. The third-order valence-electron chi connectivity index (χ3n) is 2.72. The maximum atomic E-state index is 4.43. The standard InChI is InChI=1S/C11H21N3/c1-5-10-8-11(14(4)13-10)7-6-9(2)12-3/h8-9,12H,5-7H2,1-4H3. The van der Waals surface area contributed by atoms with E-state index in [4.69, 9.17) is 0 Å². The third-order valence-corrected chi connectivity index (χ3v) is 2.72. The van der Waals surface area contributed by atoms with E-state index in [1.807, 2.05) is 18.8 Å². The Kier molecular flexibility index (Phi) is 4.14. The van der Waals surface area contributed by atoms with Gasteiger partial charge in [-0.15, -0.1) is 0 Å². The first kappa shape index (κ1) is 11.2. The van der Waals surface area contributed by atoms with E-state index in [9.17, 15) is 0 Å². The molecule has 0 spiro atoms. The Labute approximate surface area is 86.5 Å². The van der Waals surface area contributed by atoms with Crippen molar-refractivity contribution in [1.82, 2.24) is 15.1 Å². The Morgan fingerprint density at radius 1 is 1.57 bits per heavy atom. The predicted molar refractivity (Wildman–Crippen MR) is 59.4 cm³/mol. The number of hydrogen-bond acceptors (Lipinski definition) is 2. The van der Waals surface area contributed by atoms with Gasteiger partial charge in [-0.2, -0.15) is 5.10 Å². The monoisotopic (exact) mass is 195 g/mol. The second-order valence-electron chi connectivity index (χ2n) is 3.83. The molecule has 0 amide bonds. The predicted octanol–water partition coefficient (Wildman–Crippen LogP) is 1.52. The lowest BCUT2D eigenvalue weighted by Crippen LogP contribution is -2.21. The van der Waals surface area contributed by atoms with Crippen LogP contribution in [0.15, 0.2) is 6.07 Å². The number of aryl methyl sites for hydroxylation is 3. The number of nitrogens with one attached hydrogen (secondary N) is 1. The van der Waals surface area contributed by atoms with Gasteiger partial charge >= 0.3 is 0 Å². The van der Waals surface area contributed by atoms with Crippen LogP contribution in [0.2, 0.25) is 0 Å². The van der Waals surface area contributed by atoms with Gasteiger partial charge in [-0.25, -0.2) is 0 Å². The van der Waals surface area contributed by atoms with Gasteiger partial charge in [-0.05, 0) is 39.3 Å². The first-order chi connectivity index (χ1) is 6.67. The van der Waals surface area contributed by atoms with E-state index in [0.29, 0.717) is 6.04 Å². The number of aromatic nitrogens is 2. The zero-order chi connectivity index (χ0) is 10.6. The van der Waals surface area contributed by atoms with Gasteiger partial charge in [0.2, 0.25) is 0 Å². The second-order valence-corrected chi connectivity index (χ2v) is 3.83. The number of hydrogen-bond donors (Lipinski definition) is 1. The van der Waals surface area contributed by atoms with Gasteiger partial charge in [0, 0.05) is 18.8 Å². The molecule has 1 N–H and O–H groups in total. The third kappa shape index (κ3) is 2.84. The van der Waals surface area contributed by atoms with Crippen molar-refractivity contribution in [3.05, 3.63) is 17.5 Å². The molecule has 3 heteroatoms. The largest absolute Gasteiger partial charge is 0.317 e. The fraction of sp³-hybridized carbons (Fsp3) is 0.727. The van der Waals surface area contributed by atoms with Crippen LogP contribution in [0.3, 0.4) is 0 Å². The Bertz CT molecular complexity index is 278. The van der Waals surface area contributed by atoms with Crippen molar-refractivity contribution in [3.63, 3.8) is 0 Å². The maximum Gasteiger partial charge on any atom is 0.0624 e. The van der Waals surface area contributed by atoms with Crippen LogP contribution in [0.1, 0.15) is 31.7 Å². The fourth-order valence-electron chi connectivity index (χ4n) is 1.49. The van der Waals surface area contributed by atoms with Crippen LogP contribution in [-0.4, -0.2) is 22.9 Å². The van der Waals surface area contributed by atoms with Gasteiger partial charge in [0.25, 0.3) is 0 Å². The Morgan fingerprint density at radius 2 is 2.29 bits per heavy atom. The smallest absolute Gasteiger partial charge is 0.0624 e. The van der Waals surface area contributed by atoms with Crippen LogP contribution in [0.25, 0.3) is 0 Å². The van der Waals surface area contributed by atoms with E-state index in [2.05, 4.69) is 30.3 Å². The molecule has 80 valence electrons. The van der Waals surface area contributed by atoms with Gasteiger partial charge in [0.1, 0.15) is 0 Å². The first-order valence-electron chi connectivity index (χ1n) is 5.36. The van der Waals surface area contributed by atoms with Crippen molar-refractivity contribution < 1.29 is 0 Å². The molecule has 14 heavy (non-hydrogen) atoms. The zero-order valence-electron chi connectivity index (χ0n) is 9.67. The molecular formula is C11H21N3. The molecule has 0 aliphatic heterocycles. The van der Waals surface area contributed by atoms with Crippen molar-refractivity contribution in [3.8, 4) is 0 Å². The van der Waals surface area contributed by atoms with E-state index in [-0.39, 0.29) is 0 Å². The first-order valence-corrected chi connectivity index (χ1v) is 5.36. The highest BCUT2D eigenvalue weighted by Crippen LogP contribution is 2.07. The van der Waals surface area contributed by atoms with Gasteiger partial charge in [0.05, 0.1) is 5.69 Å². The molecule has 0 radical (unpaired) electrons. The van der Waals surface area contributed by atoms with Crippen molar-refractivity contribution in [2.75, 3.05) is 7.05 Å². The summed E-state index contributed by atoms with van der Waals surface area (Å²) < 4.78 is 2.00. The molecule has 1 atom stereocenters. The van der Waals surface area contributed by atoms with Crippen molar-refractivity contribution >= 4 is 0 Å². The zero-order valence-corrected chi connectivity index (χ0v) is 9.67. The average molecular weight is 195 g/mol. The van der Waals surface area contributed by atoms with E-state index >= 15 is 0 Å². The Morgan fingerprint density at radius 3 is 2.79 bits per heavy atom. The molecular weight excluding hydrogens is 174 g/mol. The highest BCUT2D eigenvalue weighted by Gasteiger charge is 2.05. The highest BCUT2D eigenvalue weighted by molar-refractivity contribution is 5.10. The number of nitrogens with zero attached hydrogens (tertiary/aromatic N) is 2. The van der Waals surface area contributed by atoms with Crippen LogP contribution >= 0.6 is 0 Å². The minimum absolute atomic E-state index is 0.579. The van der Waals surface area contributed by atoms with E-state index < -0.39 is 0 Å². The maximum absolute atomic E-state index is 4.43. The molecule has 0 aliphatic rings. The van der Waals surface area contributed by atoms with Crippen molar-refractivity contribution in [2.24, 2.45) is 7.05 Å². The molecule has 3 nitrogen and oxygen atoms in total. The van der Waals surface area contributed by atoms with Gasteiger partial charge in [-0.1, -0.05) is 6.92 Å². The van der Waals surface area contributed by atoms with Crippen LogP contribution in [0.5, 0.6) is 0 Å². The summed E-state index contributed by atoms with van der Waals surface area (Å²) in [4.78, 5) is 0. The van der Waals surface area contributed by atoms with E-state index in [1.165, 1.54) is 17.8 Å². The SMILES string of the molecule is CCc1cc(CCC(C)NC)n(C)n1. The normalized spacial score (nSPS) is 13.1. The molecule has 0 saturated heterocycles. The lowest BCUT2D eigenvalue weighted by Gasteiger charge is -2.09. The fourth-order valence-corrected chi connectivity index (χ4v) is 1.49. The molecule has 0 aliphatic carbocycles. The van der Waals surface area contributed by atoms with E-state index in [1.54, 1.807) is 0 Å². The topological polar surface area (TPSA) is 29.9 Å². The molecule has 1 heterocycles. The molecule has 0 bridgehead atoms. The molecule has 1 unspecified atom stereocenters. The second kappa shape index (κ2) is 5.15. The molecule has 0 aromatic carbocycles. The minimum atomic E-state index is 0.579. The quantitative estimate of drug-likeness (QED) is 0.772. The van der Waals surface area contributed by atoms with Crippen LogP contribution in [0, 0.1) is 0 Å². The molecule has 1 rings (SSSR count). The molecule has 0 fully saturated rings. The highest BCUT2D eigenvalue weighted by atomic mass is 15.3. The Hall–Kier alpha value is -0.830. The summed E-state index contributed by atoms with van der Waals surface area (Å²) in [5.74, 6) is 0. The summed E-state index contributed by atoms with van der Waals surface area (Å²) >= 11 is 0. The summed E-state index contributed by atoms with van der Waals surface area (Å²) in [6, 6.07) is 2.79. The summed E-state index contributed by atoms with van der Waals surface area (Å²) in [7, 11) is 4.03. The summed E-state index contributed by atoms with van der Waals surface area (Å²) in [6.45, 7) is 4.35. The van der Waals surface area contributed by atoms with Crippen LogP contribution < -0.4 is 5.32 Å². The lowest BCUT2D eigenvalue weighted by molar-refractivity contribution is 0.550. The summed E-state index contributed by atoms with van der Waals surface area (Å²) in [6.07, 6.45) is 3.29. The Balaban J connectivity index is 2.53. The van der Waals surface area contributed by atoms with Gasteiger partial charge in [0.15, 0.2) is 0 Å². The number of rotatable bonds is 5.